The molecule has 1 amide bonds. The van der Waals surface area contributed by atoms with E-state index in [0.717, 1.165) is 5.56 Å². The van der Waals surface area contributed by atoms with Gasteiger partial charge >= 0.3 is 0 Å². The van der Waals surface area contributed by atoms with Gasteiger partial charge < -0.3 is 0 Å². The van der Waals surface area contributed by atoms with Gasteiger partial charge in [0.15, 0.2) is 0 Å². The van der Waals surface area contributed by atoms with Gasteiger partial charge in [0.25, 0.3) is 5.91 Å². The molecule has 2 aromatic carbocycles. The normalized spacial score (nSPS) is 11.9. The second kappa shape index (κ2) is 7.60. The molecule has 2 rings (SSSR count). The summed E-state index contributed by atoms with van der Waals surface area (Å²) in [6.07, 6.45) is 1.37. The molecule has 0 aliphatic carbocycles. The van der Waals surface area contributed by atoms with Crippen molar-refractivity contribution < 1.29 is 4.79 Å². The maximum Gasteiger partial charge on any atom is 0.271 e. The number of hydrogen-bond donors (Lipinski definition) is 1. The Hall–Kier alpha value is -2.35. The molecule has 0 bridgehead atoms. The summed E-state index contributed by atoms with van der Waals surface area (Å²) in [4.78, 5) is 11.8. The lowest BCUT2D eigenvalue weighted by Gasteiger charge is -2.04. The summed E-state index contributed by atoms with van der Waals surface area (Å²) in [6, 6.07) is 15.4. The zero-order valence-corrected chi connectivity index (χ0v) is 12.8. The van der Waals surface area contributed by atoms with Crippen LogP contribution < -0.4 is 5.43 Å². The molecule has 0 aliphatic rings. The van der Waals surface area contributed by atoms with Crippen molar-refractivity contribution in [2.24, 2.45) is 5.10 Å². The number of nitrogens with zero attached hydrogens (tertiary/aromatic N) is 2. The molecule has 1 atom stereocenters. The van der Waals surface area contributed by atoms with Crippen molar-refractivity contribution in [3.8, 4) is 6.07 Å². The smallest absolute Gasteiger partial charge is 0.267 e. The van der Waals surface area contributed by atoms with Crippen molar-refractivity contribution in [3.63, 3.8) is 0 Å². The minimum absolute atomic E-state index is 0.374. The largest absolute Gasteiger partial charge is 0.271 e. The summed E-state index contributed by atoms with van der Waals surface area (Å²) in [7, 11) is 0. The highest BCUT2D eigenvalue weighted by atomic mass is 35.5. The van der Waals surface area contributed by atoms with Crippen molar-refractivity contribution >= 4 is 35.3 Å². The number of carbonyl (C=O) groups is 1. The van der Waals surface area contributed by atoms with Crippen LogP contribution >= 0.6 is 23.2 Å². The van der Waals surface area contributed by atoms with Gasteiger partial charge in [-0.3, -0.25) is 4.79 Å². The molecule has 0 saturated heterocycles. The van der Waals surface area contributed by atoms with Crippen LogP contribution in [0.5, 0.6) is 0 Å². The SMILES string of the molecule is N#CC(C=NNC(=O)c1ccc(Cl)cc1)c1ccc(Cl)cc1. The molecule has 0 fully saturated rings. The number of carbonyl (C=O) groups excluding carboxylic acids is 1. The third-order valence-electron chi connectivity index (χ3n) is 2.86. The quantitative estimate of drug-likeness (QED) is 0.679. The molecule has 2 aromatic rings. The van der Waals surface area contributed by atoms with Crippen molar-refractivity contribution in [1.82, 2.24) is 5.43 Å². The number of rotatable bonds is 4. The predicted molar refractivity (Wildman–Crippen MR) is 87.2 cm³/mol. The molecule has 0 radical (unpaired) electrons. The summed E-state index contributed by atoms with van der Waals surface area (Å²) >= 11 is 11.6. The first-order valence-electron chi connectivity index (χ1n) is 6.34. The van der Waals surface area contributed by atoms with Crippen molar-refractivity contribution in [2.45, 2.75) is 5.92 Å². The zero-order chi connectivity index (χ0) is 15.9. The number of hydrogen-bond acceptors (Lipinski definition) is 3. The number of nitriles is 1. The molecule has 0 spiro atoms. The van der Waals surface area contributed by atoms with Gasteiger partial charge in [0.1, 0.15) is 5.92 Å². The summed E-state index contributed by atoms with van der Waals surface area (Å²) in [5.41, 5.74) is 3.55. The fourth-order valence-corrected chi connectivity index (χ4v) is 1.95. The van der Waals surface area contributed by atoms with Crippen LogP contribution in [0, 0.1) is 11.3 Å². The Morgan fingerprint density at radius 2 is 1.64 bits per heavy atom. The number of nitrogens with one attached hydrogen (secondary N) is 1. The van der Waals surface area contributed by atoms with Gasteiger partial charge in [-0.05, 0) is 42.0 Å². The molecule has 0 heterocycles. The average molecular weight is 332 g/mol. The molecule has 110 valence electrons. The minimum Gasteiger partial charge on any atom is -0.267 e. The molecule has 22 heavy (non-hydrogen) atoms. The highest BCUT2D eigenvalue weighted by molar-refractivity contribution is 6.30. The highest BCUT2D eigenvalue weighted by Crippen LogP contribution is 2.16. The van der Waals surface area contributed by atoms with Crippen LogP contribution in [-0.4, -0.2) is 12.1 Å². The number of hydrazone groups is 1. The molecule has 0 saturated carbocycles. The third kappa shape index (κ3) is 4.32. The van der Waals surface area contributed by atoms with Crippen LogP contribution in [0.4, 0.5) is 0 Å². The average Bonchev–Trinajstić information content (AvgIpc) is 2.53. The molecule has 0 aromatic heterocycles. The lowest BCUT2D eigenvalue weighted by Crippen LogP contribution is -2.18. The van der Waals surface area contributed by atoms with Gasteiger partial charge in [0, 0.05) is 21.8 Å². The second-order valence-electron chi connectivity index (χ2n) is 4.38. The van der Waals surface area contributed by atoms with E-state index in [4.69, 9.17) is 28.5 Å². The molecule has 4 nitrogen and oxygen atoms in total. The lowest BCUT2D eigenvalue weighted by atomic mass is 10.0. The Morgan fingerprint density at radius 3 is 2.18 bits per heavy atom. The Bertz CT molecular complexity index is 719. The van der Waals surface area contributed by atoms with E-state index in [2.05, 4.69) is 16.6 Å². The van der Waals surface area contributed by atoms with Crippen LogP contribution in [0.1, 0.15) is 21.8 Å². The lowest BCUT2D eigenvalue weighted by molar-refractivity contribution is 0.0955. The summed E-state index contributed by atoms with van der Waals surface area (Å²) < 4.78 is 0. The minimum atomic E-state index is -0.567. The van der Waals surface area contributed by atoms with Crippen molar-refractivity contribution in [3.05, 3.63) is 69.7 Å². The second-order valence-corrected chi connectivity index (χ2v) is 5.26. The van der Waals surface area contributed by atoms with E-state index in [1.807, 2.05) is 0 Å². The van der Waals surface area contributed by atoms with Gasteiger partial charge in [-0.1, -0.05) is 35.3 Å². The molecule has 0 aliphatic heterocycles. The van der Waals surface area contributed by atoms with Gasteiger partial charge in [0.05, 0.1) is 6.07 Å². The standard InChI is InChI=1S/C16H11Cl2N3O/c17-14-5-1-11(2-6-14)13(9-19)10-20-21-16(22)12-3-7-15(18)8-4-12/h1-8,10,13H,(H,21,22). The first-order chi connectivity index (χ1) is 10.6. The first kappa shape index (κ1) is 16.0. The molecular formula is C16H11Cl2N3O. The van der Waals surface area contributed by atoms with Gasteiger partial charge in [-0.25, -0.2) is 5.43 Å². The molecular weight excluding hydrogens is 321 g/mol. The van der Waals surface area contributed by atoms with Crippen LogP contribution in [0.25, 0.3) is 0 Å². The maximum atomic E-state index is 11.8. The Balaban J connectivity index is 2.01. The van der Waals surface area contributed by atoms with Crippen LogP contribution in [0.15, 0.2) is 53.6 Å². The Kier molecular flexibility index (Phi) is 5.54. The van der Waals surface area contributed by atoms with E-state index in [1.54, 1.807) is 48.5 Å². The Labute approximate surface area is 138 Å². The van der Waals surface area contributed by atoms with Crippen LogP contribution in [0.3, 0.4) is 0 Å². The van der Waals surface area contributed by atoms with E-state index in [-0.39, 0.29) is 5.91 Å². The van der Waals surface area contributed by atoms with Crippen molar-refractivity contribution in [1.29, 1.82) is 5.26 Å². The molecule has 1 unspecified atom stereocenters. The first-order valence-corrected chi connectivity index (χ1v) is 7.10. The molecule has 6 heteroatoms. The zero-order valence-electron chi connectivity index (χ0n) is 11.3. The fourth-order valence-electron chi connectivity index (χ4n) is 1.70. The van der Waals surface area contributed by atoms with Gasteiger partial charge in [0.2, 0.25) is 0 Å². The van der Waals surface area contributed by atoms with E-state index >= 15 is 0 Å². The van der Waals surface area contributed by atoms with E-state index in [1.165, 1.54) is 6.21 Å². The highest BCUT2D eigenvalue weighted by Gasteiger charge is 2.08. The summed E-state index contributed by atoms with van der Waals surface area (Å²) in [5, 5.41) is 14.1. The predicted octanol–water partition coefficient (Wildman–Crippen LogP) is 4.02. The Morgan fingerprint density at radius 1 is 1.09 bits per heavy atom. The molecule has 1 N–H and O–H groups in total. The van der Waals surface area contributed by atoms with E-state index in [0.29, 0.717) is 15.6 Å². The third-order valence-corrected chi connectivity index (χ3v) is 3.37. The monoisotopic (exact) mass is 331 g/mol. The summed E-state index contributed by atoms with van der Waals surface area (Å²) in [5.74, 6) is -0.941. The van der Waals surface area contributed by atoms with Crippen LogP contribution in [-0.2, 0) is 0 Å². The summed E-state index contributed by atoms with van der Waals surface area (Å²) in [6.45, 7) is 0. The number of halogens is 2. The van der Waals surface area contributed by atoms with Crippen molar-refractivity contribution in [2.75, 3.05) is 0 Å². The maximum absolute atomic E-state index is 11.8. The number of benzene rings is 2. The van der Waals surface area contributed by atoms with Gasteiger partial charge in [-0.15, -0.1) is 0 Å². The topological polar surface area (TPSA) is 65.2 Å². The fraction of sp³-hybridized carbons (Fsp3) is 0.0625. The van der Waals surface area contributed by atoms with Gasteiger partial charge in [-0.2, -0.15) is 10.4 Å². The van der Waals surface area contributed by atoms with E-state index in [9.17, 15) is 4.79 Å². The number of amides is 1. The van der Waals surface area contributed by atoms with E-state index < -0.39 is 5.92 Å². The van der Waals surface area contributed by atoms with Crippen LogP contribution in [0.2, 0.25) is 10.0 Å².